The van der Waals surface area contributed by atoms with Crippen LogP contribution < -0.4 is 5.32 Å². The molecule has 3 rings (SSSR count). The number of ether oxygens (including phenoxy) is 2. The minimum absolute atomic E-state index is 0.0806. The first kappa shape index (κ1) is 23.1. The molecule has 1 aromatic carbocycles. The molecule has 0 spiro atoms. The van der Waals surface area contributed by atoms with E-state index in [9.17, 15) is 9.59 Å². The van der Waals surface area contributed by atoms with Crippen LogP contribution in [0.3, 0.4) is 0 Å². The number of hydrogen-bond acceptors (Lipinski definition) is 7. The number of esters is 1. The number of nitrogens with one attached hydrogen (secondary N) is 1. The molecule has 2 heterocycles. The summed E-state index contributed by atoms with van der Waals surface area (Å²) in [6, 6.07) is 9.32. The standard InChI is InChI=1S/C23H29N3O4S/c1-15-19(21(28)30-12-11-29-5)20(16-9-7-6-8-10-16)26-17(14-31-22(26)24-15)13-18(27)25-23(2,3)4/h6-10,14,20H,11-13H2,1-5H3,(H,25,27). The third-order valence-corrected chi connectivity index (χ3v) is 5.60. The fourth-order valence-corrected chi connectivity index (χ4v) is 4.47. The van der Waals surface area contributed by atoms with Gasteiger partial charge in [0, 0.05) is 18.3 Å². The number of aliphatic imine (C=N–C) groups is 1. The van der Waals surface area contributed by atoms with Gasteiger partial charge in [0.25, 0.3) is 0 Å². The molecule has 0 aliphatic carbocycles. The molecule has 1 amide bonds. The summed E-state index contributed by atoms with van der Waals surface area (Å²) in [5, 5.41) is 5.68. The number of thioether (sulfide) groups is 1. The molecule has 0 radical (unpaired) electrons. The summed E-state index contributed by atoms with van der Waals surface area (Å²) in [6.45, 7) is 8.14. The van der Waals surface area contributed by atoms with Gasteiger partial charge in [-0.05, 0) is 38.7 Å². The van der Waals surface area contributed by atoms with Crippen LogP contribution in [-0.2, 0) is 19.1 Å². The largest absolute Gasteiger partial charge is 0.460 e. The first-order valence-corrected chi connectivity index (χ1v) is 11.1. The lowest BCUT2D eigenvalue weighted by molar-refractivity contribution is -0.141. The Balaban J connectivity index is 1.95. The van der Waals surface area contributed by atoms with Crippen LogP contribution in [0, 0.1) is 0 Å². The first-order chi connectivity index (χ1) is 14.7. The molecular weight excluding hydrogens is 414 g/mol. The van der Waals surface area contributed by atoms with Gasteiger partial charge < -0.3 is 19.7 Å². The van der Waals surface area contributed by atoms with Gasteiger partial charge in [0.15, 0.2) is 5.17 Å². The highest BCUT2D eigenvalue weighted by Crippen LogP contribution is 2.44. The zero-order valence-electron chi connectivity index (χ0n) is 18.6. The van der Waals surface area contributed by atoms with Crippen LogP contribution in [-0.4, -0.2) is 47.8 Å². The second kappa shape index (κ2) is 9.70. The van der Waals surface area contributed by atoms with Gasteiger partial charge >= 0.3 is 5.97 Å². The number of benzene rings is 1. The minimum Gasteiger partial charge on any atom is -0.460 e. The topological polar surface area (TPSA) is 80.2 Å². The number of nitrogens with zero attached hydrogens (tertiary/aromatic N) is 2. The highest BCUT2D eigenvalue weighted by molar-refractivity contribution is 8.16. The summed E-state index contributed by atoms with van der Waals surface area (Å²) in [6.07, 6.45) is 0.192. The van der Waals surface area contributed by atoms with Gasteiger partial charge in [0.2, 0.25) is 5.91 Å². The van der Waals surface area contributed by atoms with E-state index in [0.29, 0.717) is 17.9 Å². The second-order valence-corrected chi connectivity index (χ2v) is 9.24. The average molecular weight is 444 g/mol. The van der Waals surface area contributed by atoms with Crippen molar-refractivity contribution in [1.82, 2.24) is 10.2 Å². The molecule has 1 unspecified atom stereocenters. The summed E-state index contributed by atoms with van der Waals surface area (Å²) in [5.74, 6) is -0.510. The molecule has 0 bridgehead atoms. The maximum absolute atomic E-state index is 13.0. The van der Waals surface area contributed by atoms with E-state index in [2.05, 4.69) is 10.3 Å². The lowest BCUT2D eigenvalue weighted by atomic mass is 9.94. The van der Waals surface area contributed by atoms with Gasteiger partial charge in [-0.15, -0.1) is 0 Å². The van der Waals surface area contributed by atoms with Crippen molar-refractivity contribution in [3.05, 3.63) is 58.3 Å². The van der Waals surface area contributed by atoms with Gasteiger partial charge in [0.05, 0.1) is 30.3 Å². The highest BCUT2D eigenvalue weighted by Gasteiger charge is 2.41. The molecule has 7 nitrogen and oxygen atoms in total. The number of rotatable bonds is 7. The molecule has 1 aromatic rings. The Labute approximate surface area is 187 Å². The molecule has 2 aliphatic rings. The van der Waals surface area contributed by atoms with Crippen LogP contribution in [0.15, 0.2) is 57.7 Å². The van der Waals surface area contributed by atoms with Crippen LogP contribution in [0.4, 0.5) is 0 Å². The van der Waals surface area contributed by atoms with Crippen molar-refractivity contribution in [2.24, 2.45) is 4.99 Å². The van der Waals surface area contributed by atoms with E-state index < -0.39 is 12.0 Å². The number of allylic oxidation sites excluding steroid dienone is 1. The van der Waals surface area contributed by atoms with E-state index >= 15 is 0 Å². The quantitative estimate of drug-likeness (QED) is 0.511. The molecule has 8 heteroatoms. The highest BCUT2D eigenvalue weighted by atomic mass is 32.2. The Morgan fingerprint density at radius 1 is 1.19 bits per heavy atom. The van der Waals surface area contributed by atoms with Crippen molar-refractivity contribution in [2.75, 3.05) is 20.3 Å². The van der Waals surface area contributed by atoms with E-state index in [1.807, 2.05) is 68.3 Å². The zero-order valence-corrected chi connectivity index (χ0v) is 19.4. The molecule has 0 aromatic heterocycles. The maximum atomic E-state index is 13.0. The summed E-state index contributed by atoms with van der Waals surface area (Å²) in [7, 11) is 1.56. The lowest BCUT2D eigenvalue weighted by Gasteiger charge is -2.36. The molecular formula is C23H29N3O4S. The fourth-order valence-electron chi connectivity index (χ4n) is 3.50. The van der Waals surface area contributed by atoms with Crippen molar-refractivity contribution in [2.45, 2.75) is 45.7 Å². The van der Waals surface area contributed by atoms with E-state index in [4.69, 9.17) is 9.47 Å². The van der Waals surface area contributed by atoms with Crippen LogP contribution in [0.5, 0.6) is 0 Å². The minimum atomic E-state index is -0.429. The molecule has 1 atom stereocenters. The Hall–Kier alpha value is -2.58. The predicted octanol–water partition coefficient (Wildman–Crippen LogP) is 3.76. The molecule has 0 saturated carbocycles. The number of amides is 1. The zero-order chi connectivity index (χ0) is 22.6. The number of carbonyl (C=O) groups excluding carboxylic acids is 2. The predicted molar refractivity (Wildman–Crippen MR) is 122 cm³/mol. The monoisotopic (exact) mass is 443 g/mol. The third-order valence-electron chi connectivity index (χ3n) is 4.71. The Bertz CT molecular complexity index is 932. The first-order valence-electron chi connectivity index (χ1n) is 10.2. The van der Waals surface area contributed by atoms with Gasteiger partial charge in [-0.25, -0.2) is 9.79 Å². The number of methoxy groups -OCH3 is 1. The van der Waals surface area contributed by atoms with Crippen molar-refractivity contribution < 1.29 is 19.1 Å². The van der Waals surface area contributed by atoms with E-state index in [1.54, 1.807) is 7.11 Å². The molecule has 31 heavy (non-hydrogen) atoms. The van der Waals surface area contributed by atoms with Crippen molar-refractivity contribution in [3.63, 3.8) is 0 Å². The van der Waals surface area contributed by atoms with Crippen molar-refractivity contribution in [1.29, 1.82) is 0 Å². The summed E-state index contributed by atoms with van der Waals surface area (Å²) in [4.78, 5) is 32.3. The molecule has 0 saturated heterocycles. The normalized spacial score (nSPS) is 18.4. The van der Waals surface area contributed by atoms with Crippen LogP contribution in [0.2, 0.25) is 0 Å². The Morgan fingerprint density at radius 2 is 1.90 bits per heavy atom. The van der Waals surface area contributed by atoms with Crippen molar-refractivity contribution in [3.8, 4) is 0 Å². The summed E-state index contributed by atoms with van der Waals surface area (Å²) in [5.41, 5.74) is 2.49. The maximum Gasteiger partial charge on any atom is 0.338 e. The molecule has 1 N–H and O–H groups in total. The van der Waals surface area contributed by atoms with E-state index in [1.165, 1.54) is 11.8 Å². The summed E-state index contributed by atoms with van der Waals surface area (Å²) < 4.78 is 10.5. The molecule has 166 valence electrons. The molecule has 0 fully saturated rings. The van der Waals surface area contributed by atoms with Gasteiger partial charge in [-0.1, -0.05) is 42.1 Å². The van der Waals surface area contributed by atoms with Crippen molar-refractivity contribution >= 4 is 28.8 Å². The van der Waals surface area contributed by atoms with Crippen LogP contribution in [0.1, 0.15) is 45.7 Å². The second-order valence-electron chi connectivity index (χ2n) is 8.41. The average Bonchev–Trinajstić information content (AvgIpc) is 3.08. The Kier molecular flexibility index (Phi) is 7.23. The SMILES string of the molecule is COCCOC(=O)C1=C(C)N=C2SC=C(CC(=O)NC(C)(C)C)N2C1c1ccccc1. The van der Waals surface area contributed by atoms with Crippen LogP contribution in [0.25, 0.3) is 0 Å². The van der Waals surface area contributed by atoms with Crippen LogP contribution >= 0.6 is 11.8 Å². The Morgan fingerprint density at radius 3 is 2.55 bits per heavy atom. The fraction of sp³-hybridized carbons (Fsp3) is 0.435. The van der Waals surface area contributed by atoms with Gasteiger partial charge in [0.1, 0.15) is 6.61 Å². The number of fused-ring (bicyclic) bond motifs is 1. The third kappa shape index (κ3) is 5.57. The summed E-state index contributed by atoms with van der Waals surface area (Å²) >= 11 is 1.46. The smallest absolute Gasteiger partial charge is 0.338 e. The number of carbonyl (C=O) groups is 2. The number of hydrogen-bond donors (Lipinski definition) is 1. The molecule has 2 aliphatic heterocycles. The lowest BCUT2D eigenvalue weighted by Crippen LogP contribution is -2.42. The van der Waals surface area contributed by atoms with Gasteiger partial charge in [-0.2, -0.15) is 0 Å². The number of amidine groups is 1. The van der Waals surface area contributed by atoms with Gasteiger partial charge in [-0.3, -0.25) is 4.79 Å². The van der Waals surface area contributed by atoms with E-state index in [-0.39, 0.29) is 24.5 Å². The van der Waals surface area contributed by atoms with E-state index in [0.717, 1.165) is 16.4 Å².